The Morgan fingerprint density at radius 3 is 2.46 bits per heavy atom. The van der Waals surface area contributed by atoms with Crippen molar-refractivity contribution in [1.82, 2.24) is 4.90 Å². The lowest BCUT2D eigenvalue weighted by atomic mass is 9.82. The predicted molar refractivity (Wildman–Crippen MR) is 96.5 cm³/mol. The molecular formula is C20H21F2N3O. The Morgan fingerprint density at radius 1 is 1.15 bits per heavy atom. The lowest BCUT2D eigenvalue weighted by molar-refractivity contribution is -0.0504. The van der Waals surface area contributed by atoms with Crippen LogP contribution in [0.2, 0.25) is 0 Å². The fourth-order valence-corrected chi connectivity index (χ4v) is 3.66. The molecule has 0 bridgehead atoms. The maximum absolute atomic E-state index is 12.8. The van der Waals surface area contributed by atoms with Gasteiger partial charge in [-0.25, -0.2) is 4.99 Å². The monoisotopic (exact) mass is 357 g/mol. The van der Waals surface area contributed by atoms with E-state index in [1.807, 2.05) is 54.4 Å². The van der Waals surface area contributed by atoms with E-state index in [0.29, 0.717) is 12.5 Å². The third kappa shape index (κ3) is 2.89. The number of rotatable bonds is 5. The highest BCUT2D eigenvalue weighted by Crippen LogP contribution is 2.47. The molecule has 1 aliphatic carbocycles. The van der Waals surface area contributed by atoms with Gasteiger partial charge in [0.1, 0.15) is 11.3 Å². The maximum atomic E-state index is 12.8. The van der Waals surface area contributed by atoms with Crippen LogP contribution in [-0.4, -0.2) is 31.1 Å². The molecule has 0 saturated heterocycles. The molecule has 1 aliphatic heterocycles. The Hall–Kier alpha value is -2.63. The quantitative estimate of drug-likeness (QED) is 0.888. The number of likely N-dealkylation sites (N-methyl/N-ethyl adjacent to an activating group) is 1. The first-order valence-corrected chi connectivity index (χ1v) is 8.71. The molecule has 1 saturated carbocycles. The molecule has 1 heterocycles. The minimum absolute atomic E-state index is 0.262. The lowest BCUT2D eigenvalue weighted by Crippen LogP contribution is -2.34. The molecule has 1 fully saturated rings. The summed E-state index contributed by atoms with van der Waals surface area (Å²) in [6.07, 6.45) is 1.99. The number of aliphatic imine (C=N–C) groups is 1. The Balaban J connectivity index is 1.84. The fourth-order valence-electron chi connectivity index (χ4n) is 3.66. The Kier molecular flexibility index (Phi) is 4.05. The number of hydrogen-bond acceptors (Lipinski definition) is 4. The van der Waals surface area contributed by atoms with Crippen molar-refractivity contribution in [3.63, 3.8) is 0 Å². The van der Waals surface area contributed by atoms with E-state index < -0.39 is 12.2 Å². The zero-order chi connectivity index (χ0) is 18.3. The van der Waals surface area contributed by atoms with Crippen LogP contribution in [0, 0.1) is 0 Å². The molecule has 0 radical (unpaired) electrons. The van der Waals surface area contributed by atoms with Crippen molar-refractivity contribution >= 4 is 5.96 Å². The second-order valence-electron chi connectivity index (χ2n) is 6.96. The van der Waals surface area contributed by atoms with Crippen LogP contribution in [0.3, 0.4) is 0 Å². The fraction of sp³-hybridized carbons (Fsp3) is 0.350. The van der Waals surface area contributed by atoms with Crippen molar-refractivity contribution in [1.29, 1.82) is 0 Å². The van der Waals surface area contributed by atoms with Crippen LogP contribution in [0.1, 0.15) is 35.4 Å². The third-order valence-electron chi connectivity index (χ3n) is 5.13. The van der Waals surface area contributed by atoms with E-state index in [1.165, 1.54) is 0 Å². The van der Waals surface area contributed by atoms with Gasteiger partial charge < -0.3 is 15.4 Å². The highest BCUT2D eigenvalue weighted by atomic mass is 19.3. The van der Waals surface area contributed by atoms with E-state index in [4.69, 9.17) is 15.5 Å². The topological polar surface area (TPSA) is 50.8 Å². The smallest absolute Gasteiger partial charge is 0.387 e. The van der Waals surface area contributed by atoms with Crippen molar-refractivity contribution in [3.8, 4) is 5.75 Å². The van der Waals surface area contributed by atoms with Gasteiger partial charge in [-0.3, -0.25) is 0 Å². The zero-order valence-corrected chi connectivity index (χ0v) is 14.5. The van der Waals surface area contributed by atoms with Gasteiger partial charge in [0.2, 0.25) is 0 Å². The summed E-state index contributed by atoms with van der Waals surface area (Å²) in [5.74, 6) is 1.00. The van der Waals surface area contributed by atoms with Crippen molar-refractivity contribution in [3.05, 3.63) is 65.2 Å². The number of benzene rings is 2. The van der Waals surface area contributed by atoms with Crippen molar-refractivity contribution < 1.29 is 13.5 Å². The largest absolute Gasteiger partial charge is 0.435 e. The minimum atomic E-state index is -2.83. The van der Waals surface area contributed by atoms with Crippen LogP contribution in [-0.2, 0) is 5.54 Å². The van der Waals surface area contributed by atoms with Gasteiger partial charge in [-0.2, -0.15) is 8.78 Å². The van der Waals surface area contributed by atoms with Gasteiger partial charge in [0.25, 0.3) is 0 Å². The number of guanidine groups is 1. The van der Waals surface area contributed by atoms with Crippen LogP contribution in [0.4, 0.5) is 8.78 Å². The average Bonchev–Trinajstić information content (AvgIpc) is 3.42. The first-order valence-electron chi connectivity index (χ1n) is 8.71. The van der Waals surface area contributed by atoms with E-state index in [-0.39, 0.29) is 11.7 Å². The highest BCUT2D eigenvalue weighted by Gasteiger charge is 2.41. The van der Waals surface area contributed by atoms with Gasteiger partial charge in [0, 0.05) is 7.05 Å². The molecule has 0 spiro atoms. The number of halogens is 2. The van der Waals surface area contributed by atoms with E-state index in [0.717, 1.165) is 29.5 Å². The van der Waals surface area contributed by atoms with E-state index in [2.05, 4.69) is 0 Å². The van der Waals surface area contributed by atoms with E-state index in [9.17, 15) is 8.78 Å². The second-order valence-corrected chi connectivity index (χ2v) is 6.96. The van der Waals surface area contributed by atoms with Gasteiger partial charge >= 0.3 is 6.61 Å². The summed E-state index contributed by atoms with van der Waals surface area (Å²) in [6.45, 7) is -2.23. The number of hydrogen-bond donors (Lipinski definition) is 1. The molecule has 2 aromatic carbocycles. The molecular weight excluding hydrogens is 336 g/mol. The Bertz CT molecular complexity index is 836. The summed E-state index contributed by atoms with van der Waals surface area (Å²) < 4.78 is 30.3. The molecule has 0 unspecified atom stereocenters. The molecule has 2 aromatic rings. The lowest BCUT2D eigenvalue weighted by Gasteiger charge is -2.29. The van der Waals surface area contributed by atoms with Crippen LogP contribution >= 0.6 is 0 Å². The van der Waals surface area contributed by atoms with E-state index >= 15 is 0 Å². The average molecular weight is 357 g/mol. The van der Waals surface area contributed by atoms with Crippen molar-refractivity contribution in [2.24, 2.45) is 10.7 Å². The van der Waals surface area contributed by atoms with Crippen LogP contribution in [0.5, 0.6) is 5.75 Å². The number of ether oxygens (including phenoxy) is 1. The summed E-state index contributed by atoms with van der Waals surface area (Å²) in [4.78, 5) is 6.69. The molecule has 2 N–H and O–H groups in total. The standard InChI is InChI=1S/C20H21F2N3O/c1-25-12-20(24-19(25)23,14-5-3-2-4-6-14)15-9-10-17(26-18(21)22)16(11-15)13-7-8-13/h2-6,9-11,13,18H,7-8,12H2,1H3,(H2,23,24)/t20-/m0/s1. The van der Waals surface area contributed by atoms with Gasteiger partial charge in [-0.15, -0.1) is 0 Å². The summed E-state index contributed by atoms with van der Waals surface area (Å²) in [6, 6.07) is 15.4. The summed E-state index contributed by atoms with van der Waals surface area (Å²) in [7, 11) is 1.90. The Morgan fingerprint density at radius 2 is 1.88 bits per heavy atom. The molecule has 0 aromatic heterocycles. The maximum Gasteiger partial charge on any atom is 0.387 e. The van der Waals surface area contributed by atoms with Gasteiger partial charge in [0.15, 0.2) is 5.96 Å². The molecule has 4 nitrogen and oxygen atoms in total. The second kappa shape index (κ2) is 6.27. The van der Waals surface area contributed by atoms with Gasteiger partial charge in [-0.1, -0.05) is 36.4 Å². The normalized spacial score (nSPS) is 22.6. The molecule has 2 aliphatic rings. The summed E-state index contributed by atoms with van der Waals surface area (Å²) in [5, 5.41) is 0. The van der Waals surface area contributed by atoms with Crippen molar-refractivity contribution in [2.45, 2.75) is 30.9 Å². The predicted octanol–water partition coefficient (Wildman–Crippen LogP) is 3.67. The van der Waals surface area contributed by atoms with Crippen LogP contribution in [0.15, 0.2) is 53.5 Å². The highest BCUT2D eigenvalue weighted by molar-refractivity contribution is 5.81. The summed E-state index contributed by atoms with van der Waals surface area (Å²) >= 11 is 0. The van der Waals surface area contributed by atoms with Crippen molar-refractivity contribution in [2.75, 3.05) is 13.6 Å². The molecule has 1 atom stereocenters. The number of nitrogens with two attached hydrogens (primary N) is 1. The Labute approximate surface area is 151 Å². The van der Waals surface area contributed by atoms with Crippen LogP contribution in [0.25, 0.3) is 0 Å². The third-order valence-corrected chi connectivity index (χ3v) is 5.13. The first kappa shape index (κ1) is 16.8. The number of alkyl halides is 2. The molecule has 4 rings (SSSR count). The van der Waals surface area contributed by atoms with E-state index in [1.54, 1.807) is 6.07 Å². The zero-order valence-electron chi connectivity index (χ0n) is 14.5. The SMILES string of the molecule is CN1C[C@](c2ccccc2)(c2ccc(OC(F)F)c(C3CC3)c2)N=C1N. The minimum Gasteiger partial charge on any atom is -0.435 e. The van der Waals surface area contributed by atoms with Gasteiger partial charge in [0.05, 0.1) is 6.54 Å². The summed E-state index contributed by atoms with van der Waals surface area (Å²) in [5.41, 5.74) is 8.24. The molecule has 136 valence electrons. The molecule has 0 amide bonds. The first-order chi connectivity index (χ1) is 12.5. The van der Waals surface area contributed by atoms with Gasteiger partial charge in [-0.05, 0) is 47.6 Å². The molecule has 6 heteroatoms. The molecule has 26 heavy (non-hydrogen) atoms. The number of nitrogens with zero attached hydrogens (tertiary/aromatic N) is 2. The van der Waals surface area contributed by atoms with Crippen LogP contribution < -0.4 is 10.5 Å².